The minimum absolute atomic E-state index is 0.151. The predicted octanol–water partition coefficient (Wildman–Crippen LogP) is 1.80. The molecule has 0 radical (unpaired) electrons. The lowest BCUT2D eigenvalue weighted by molar-refractivity contribution is 0.183. The first-order chi connectivity index (χ1) is 14.2. The van der Waals surface area contributed by atoms with E-state index in [1.165, 1.54) is 10.7 Å². The molecule has 0 aliphatic carbocycles. The van der Waals surface area contributed by atoms with Gasteiger partial charge in [-0.05, 0) is 25.0 Å². The van der Waals surface area contributed by atoms with Crippen molar-refractivity contribution in [3.8, 4) is 5.75 Å². The minimum atomic E-state index is -0.159. The molecular formula is C21H27N3O5. The van der Waals surface area contributed by atoms with Gasteiger partial charge in [-0.3, -0.25) is 14.7 Å². The van der Waals surface area contributed by atoms with E-state index in [1.54, 1.807) is 18.8 Å². The van der Waals surface area contributed by atoms with Gasteiger partial charge >= 0.3 is 0 Å². The quantitative estimate of drug-likeness (QED) is 0.495. The van der Waals surface area contributed by atoms with Crippen LogP contribution in [0.2, 0.25) is 0 Å². The molecule has 8 heteroatoms. The van der Waals surface area contributed by atoms with Crippen molar-refractivity contribution in [3.05, 3.63) is 62.8 Å². The first-order valence-corrected chi connectivity index (χ1v) is 9.66. The molecule has 3 aromatic rings. The monoisotopic (exact) mass is 401 g/mol. The molecule has 0 spiro atoms. The van der Waals surface area contributed by atoms with Crippen molar-refractivity contribution in [1.29, 1.82) is 0 Å². The lowest BCUT2D eigenvalue weighted by Crippen LogP contribution is -2.27. The summed E-state index contributed by atoms with van der Waals surface area (Å²) >= 11 is 0. The Morgan fingerprint density at radius 3 is 2.41 bits per heavy atom. The molecule has 1 N–H and O–H groups in total. The lowest BCUT2D eigenvalue weighted by atomic mass is 10.1. The minimum Gasteiger partial charge on any atom is -0.494 e. The summed E-state index contributed by atoms with van der Waals surface area (Å²) in [6.45, 7) is 2.07. The first kappa shape index (κ1) is 20.9. The summed E-state index contributed by atoms with van der Waals surface area (Å²) in [7, 11) is 3.17. The second-order valence-corrected chi connectivity index (χ2v) is 6.69. The number of para-hydroxylation sites is 1. The van der Waals surface area contributed by atoms with Crippen LogP contribution in [0.1, 0.15) is 12.1 Å². The van der Waals surface area contributed by atoms with Crippen LogP contribution in [0, 0.1) is 0 Å². The Balaban J connectivity index is 1.89. The van der Waals surface area contributed by atoms with Gasteiger partial charge in [-0.15, -0.1) is 0 Å². The van der Waals surface area contributed by atoms with Crippen LogP contribution < -0.4 is 15.9 Å². The highest BCUT2D eigenvalue weighted by Crippen LogP contribution is 2.15. The maximum atomic E-state index is 12.9. The van der Waals surface area contributed by atoms with E-state index >= 15 is 0 Å². The smallest absolute Gasteiger partial charge is 0.276 e. The molecule has 0 unspecified atom stereocenters. The summed E-state index contributed by atoms with van der Waals surface area (Å²) in [5.41, 5.74) is 0.943. The van der Waals surface area contributed by atoms with Crippen molar-refractivity contribution in [3.63, 3.8) is 0 Å². The molecule has 3 rings (SSSR count). The zero-order valence-corrected chi connectivity index (χ0v) is 16.8. The number of methoxy groups -OCH3 is 2. The fourth-order valence-electron chi connectivity index (χ4n) is 3.33. The molecule has 0 aliphatic heterocycles. The Hall–Kier alpha value is -2.84. The summed E-state index contributed by atoms with van der Waals surface area (Å²) in [5, 5.41) is 3.57. The Bertz CT molecular complexity index is 1040. The van der Waals surface area contributed by atoms with Crippen LogP contribution in [0.3, 0.4) is 0 Å². The number of benzene rings is 1. The van der Waals surface area contributed by atoms with Crippen LogP contribution >= 0.6 is 0 Å². The molecule has 0 amide bonds. The number of H-pyrrole nitrogens is 1. The number of aryl methyl sites for hydroxylation is 1. The van der Waals surface area contributed by atoms with E-state index in [0.29, 0.717) is 62.3 Å². The van der Waals surface area contributed by atoms with E-state index in [4.69, 9.17) is 14.2 Å². The Labute approximate surface area is 168 Å². The van der Waals surface area contributed by atoms with Gasteiger partial charge in [0.1, 0.15) is 5.75 Å². The number of pyridine rings is 1. The van der Waals surface area contributed by atoms with Gasteiger partial charge in [0.2, 0.25) is 0 Å². The maximum absolute atomic E-state index is 12.9. The van der Waals surface area contributed by atoms with E-state index in [1.807, 2.05) is 30.3 Å². The number of aromatic nitrogens is 3. The topological polar surface area (TPSA) is 87.5 Å². The second-order valence-electron chi connectivity index (χ2n) is 6.69. The van der Waals surface area contributed by atoms with Crippen LogP contribution in [0.4, 0.5) is 0 Å². The molecule has 0 aliphatic rings. The Morgan fingerprint density at radius 2 is 1.69 bits per heavy atom. The summed E-state index contributed by atoms with van der Waals surface area (Å²) < 4.78 is 19.1. The van der Waals surface area contributed by atoms with Crippen molar-refractivity contribution in [2.45, 2.75) is 25.9 Å². The van der Waals surface area contributed by atoms with Crippen LogP contribution in [0.25, 0.3) is 10.9 Å². The summed E-state index contributed by atoms with van der Waals surface area (Å²) in [5.74, 6) is 0.797. The van der Waals surface area contributed by atoms with E-state index in [9.17, 15) is 9.59 Å². The van der Waals surface area contributed by atoms with E-state index in [2.05, 4.69) is 5.10 Å². The zero-order valence-electron chi connectivity index (χ0n) is 16.8. The highest BCUT2D eigenvalue weighted by molar-refractivity contribution is 5.80. The number of aromatic amines is 1. The van der Waals surface area contributed by atoms with Crippen LogP contribution in [0.15, 0.2) is 46.0 Å². The normalized spacial score (nSPS) is 11.2. The van der Waals surface area contributed by atoms with E-state index in [-0.39, 0.29) is 11.1 Å². The molecule has 0 atom stereocenters. The van der Waals surface area contributed by atoms with Crippen LogP contribution in [-0.2, 0) is 29.0 Å². The molecule has 156 valence electrons. The van der Waals surface area contributed by atoms with Gasteiger partial charge in [0, 0.05) is 32.5 Å². The molecule has 8 nitrogen and oxygen atoms in total. The van der Waals surface area contributed by atoms with Crippen LogP contribution in [0.5, 0.6) is 5.75 Å². The maximum Gasteiger partial charge on any atom is 0.276 e. The molecule has 29 heavy (non-hydrogen) atoms. The third-order valence-electron chi connectivity index (χ3n) is 4.74. The number of rotatable bonds is 11. The second kappa shape index (κ2) is 10.1. The average molecular weight is 401 g/mol. The van der Waals surface area contributed by atoms with Crippen molar-refractivity contribution in [2.75, 3.05) is 34.0 Å². The summed E-state index contributed by atoms with van der Waals surface area (Å²) in [6.07, 6.45) is 1.21. The fourth-order valence-corrected chi connectivity index (χ4v) is 3.33. The molecule has 2 aromatic heterocycles. The van der Waals surface area contributed by atoms with Gasteiger partial charge in [0.05, 0.1) is 37.3 Å². The number of ether oxygens (including phenoxy) is 3. The molecule has 0 saturated heterocycles. The average Bonchev–Trinajstić information content (AvgIpc) is 3.04. The zero-order chi connectivity index (χ0) is 20.6. The molecule has 0 saturated carbocycles. The third kappa shape index (κ3) is 4.96. The van der Waals surface area contributed by atoms with Gasteiger partial charge in [0.15, 0.2) is 0 Å². The standard InChI is InChI=1S/C21H27N3O5/c1-27-13-10-23-18(9-6-12-29-16-7-4-3-5-8-16)20-17(15-19(23)25)22-24(21(20)26)11-14-28-2/h3-5,7-8,15,22H,6,9-14H2,1-2H3. The predicted molar refractivity (Wildman–Crippen MR) is 111 cm³/mol. The Kier molecular flexibility index (Phi) is 7.26. The first-order valence-electron chi connectivity index (χ1n) is 9.66. The van der Waals surface area contributed by atoms with Gasteiger partial charge in [-0.25, -0.2) is 4.68 Å². The highest BCUT2D eigenvalue weighted by Gasteiger charge is 2.17. The molecule has 0 bridgehead atoms. The number of nitrogens with one attached hydrogen (secondary N) is 1. The largest absolute Gasteiger partial charge is 0.494 e. The molecule has 1 aromatic carbocycles. The number of hydrogen-bond acceptors (Lipinski definition) is 5. The molecule has 2 heterocycles. The van der Waals surface area contributed by atoms with Gasteiger partial charge in [0.25, 0.3) is 11.1 Å². The van der Waals surface area contributed by atoms with Crippen LogP contribution in [-0.4, -0.2) is 48.4 Å². The van der Waals surface area contributed by atoms with E-state index < -0.39 is 0 Å². The van der Waals surface area contributed by atoms with Crippen molar-refractivity contribution < 1.29 is 14.2 Å². The van der Waals surface area contributed by atoms with Gasteiger partial charge in [-0.2, -0.15) is 0 Å². The van der Waals surface area contributed by atoms with Crippen molar-refractivity contribution in [2.24, 2.45) is 0 Å². The van der Waals surface area contributed by atoms with Crippen molar-refractivity contribution in [1.82, 2.24) is 14.3 Å². The fraction of sp³-hybridized carbons (Fsp3) is 0.429. The number of fused-ring (bicyclic) bond motifs is 1. The summed E-state index contributed by atoms with van der Waals surface area (Å²) in [6, 6.07) is 11.0. The van der Waals surface area contributed by atoms with Gasteiger partial charge in [-0.1, -0.05) is 18.2 Å². The summed E-state index contributed by atoms with van der Waals surface area (Å²) in [4.78, 5) is 25.6. The third-order valence-corrected chi connectivity index (χ3v) is 4.74. The molecule has 0 fully saturated rings. The number of hydrogen-bond donors (Lipinski definition) is 1. The van der Waals surface area contributed by atoms with E-state index in [0.717, 1.165) is 5.75 Å². The Morgan fingerprint density at radius 1 is 0.966 bits per heavy atom. The van der Waals surface area contributed by atoms with Crippen molar-refractivity contribution >= 4 is 10.9 Å². The lowest BCUT2D eigenvalue weighted by Gasteiger charge is -2.13. The molecular weight excluding hydrogens is 374 g/mol. The van der Waals surface area contributed by atoms with Gasteiger partial charge < -0.3 is 18.8 Å². The number of nitrogens with zero attached hydrogens (tertiary/aromatic N) is 2. The SMILES string of the molecule is COCCn1[nH]c2cc(=O)n(CCOC)c(CCCOc3ccccc3)c2c1=O. The highest BCUT2D eigenvalue weighted by atomic mass is 16.5.